The minimum Gasteiger partial charge on any atom is -0.366 e. The topological polar surface area (TPSA) is 33.0 Å². The Morgan fingerprint density at radius 2 is 2.20 bits per heavy atom. The van der Waals surface area contributed by atoms with Gasteiger partial charge in [-0.2, -0.15) is 5.26 Å². The third-order valence-corrected chi connectivity index (χ3v) is 1.64. The molecule has 0 aromatic heterocycles. The summed E-state index contributed by atoms with van der Waals surface area (Å²) in [5.41, 5.74) is 0. The van der Waals surface area contributed by atoms with E-state index in [-0.39, 0.29) is 6.10 Å². The van der Waals surface area contributed by atoms with Crippen molar-refractivity contribution >= 4 is 0 Å². The molecule has 0 radical (unpaired) electrons. The number of methoxy groups -OCH3 is 1. The number of rotatable bonds is 4. The lowest BCUT2D eigenvalue weighted by molar-refractivity contribution is 0.0984. The summed E-state index contributed by atoms with van der Waals surface area (Å²) >= 11 is 0. The summed E-state index contributed by atoms with van der Waals surface area (Å²) in [6, 6.07) is 2.11. The summed E-state index contributed by atoms with van der Waals surface area (Å²) in [7, 11) is 1.58. The summed E-state index contributed by atoms with van der Waals surface area (Å²) in [5, 5.41) is 8.55. The molecule has 0 aromatic carbocycles. The predicted molar refractivity (Wildman–Crippen MR) is 40.5 cm³/mol. The van der Waals surface area contributed by atoms with E-state index >= 15 is 0 Å². The smallest absolute Gasteiger partial charge is 0.146 e. The van der Waals surface area contributed by atoms with Gasteiger partial charge in [-0.1, -0.05) is 20.3 Å². The highest BCUT2D eigenvalue weighted by Gasteiger charge is 2.13. The Hall–Kier alpha value is -0.550. The van der Waals surface area contributed by atoms with Gasteiger partial charge in [-0.25, -0.2) is 0 Å². The highest BCUT2D eigenvalue weighted by molar-refractivity contribution is 4.87. The normalized spacial score (nSPS) is 15.8. The molecule has 0 aliphatic carbocycles. The van der Waals surface area contributed by atoms with E-state index in [2.05, 4.69) is 13.0 Å². The monoisotopic (exact) mass is 141 g/mol. The molecule has 0 saturated heterocycles. The fraction of sp³-hybridized carbons (Fsp3) is 0.875. The lowest BCUT2D eigenvalue weighted by atomic mass is 10.0. The molecule has 2 atom stereocenters. The Morgan fingerprint density at radius 3 is 2.50 bits per heavy atom. The van der Waals surface area contributed by atoms with Crippen LogP contribution in [0, 0.1) is 17.2 Å². The maximum absolute atomic E-state index is 8.55. The summed E-state index contributed by atoms with van der Waals surface area (Å²) < 4.78 is 4.95. The van der Waals surface area contributed by atoms with Gasteiger partial charge in [-0.15, -0.1) is 0 Å². The molecule has 0 N–H and O–H groups in total. The molecule has 0 rings (SSSR count). The number of hydrogen-bond donors (Lipinski definition) is 0. The summed E-state index contributed by atoms with van der Waals surface area (Å²) in [5.74, 6) is 0.361. The van der Waals surface area contributed by atoms with Gasteiger partial charge in [-0.05, 0) is 12.3 Å². The Balaban J connectivity index is 3.67. The van der Waals surface area contributed by atoms with E-state index in [0.717, 1.165) is 12.8 Å². The molecule has 0 aliphatic rings. The molecule has 10 heavy (non-hydrogen) atoms. The van der Waals surface area contributed by atoms with Crippen LogP contribution in [-0.4, -0.2) is 13.2 Å². The molecule has 2 nitrogen and oxygen atoms in total. The maximum atomic E-state index is 8.55. The Morgan fingerprint density at radius 1 is 1.60 bits per heavy atom. The van der Waals surface area contributed by atoms with E-state index in [1.54, 1.807) is 7.11 Å². The van der Waals surface area contributed by atoms with E-state index < -0.39 is 0 Å². The largest absolute Gasteiger partial charge is 0.366 e. The third-order valence-electron chi connectivity index (χ3n) is 1.64. The van der Waals surface area contributed by atoms with Crippen LogP contribution in [0.4, 0.5) is 0 Å². The molecule has 0 amide bonds. The zero-order valence-corrected chi connectivity index (χ0v) is 6.92. The summed E-state index contributed by atoms with van der Waals surface area (Å²) in [6.45, 7) is 4.15. The number of nitriles is 1. The van der Waals surface area contributed by atoms with Gasteiger partial charge in [0.25, 0.3) is 0 Å². The van der Waals surface area contributed by atoms with Crippen LogP contribution in [0.3, 0.4) is 0 Å². The predicted octanol–water partition coefficient (Wildman–Crippen LogP) is 1.96. The van der Waals surface area contributed by atoms with Crippen molar-refractivity contribution in [2.45, 2.75) is 32.8 Å². The van der Waals surface area contributed by atoms with Crippen LogP contribution in [0.1, 0.15) is 26.7 Å². The molecule has 0 bridgehead atoms. The van der Waals surface area contributed by atoms with Crippen LogP contribution in [0.2, 0.25) is 0 Å². The molecule has 58 valence electrons. The molecule has 0 saturated carbocycles. The van der Waals surface area contributed by atoms with Crippen LogP contribution < -0.4 is 0 Å². The number of hydrogen-bond acceptors (Lipinski definition) is 2. The first-order valence-corrected chi connectivity index (χ1v) is 3.68. The molecule has 0 aliphatic heterocycles. The van der Waals surface area contributed by atoms with Crippen molar-refractivity contribution in [3.8, 4) is 6.07 Å². The van der Waals surface area contributed by atoms with Gasteiger partial charge in [0.1, 0.15) is 6.10 Å². The maximum Gasteiger partial charge on any atom is 0.146 e. The average molecular weight is 141 g/mol. The summed E-state index contributed by atoms with van der Waals surface area (Å²) in [6.07, 6.45) is 1.95. The van der Waals surface area contributed by atoms with E-state index in [0.29, 0.717) is 5.92 Å². The number of ether oxygens (including phenoxy) is 1. The van der Waals surface area contributed by atoms with Crippen molar-refractivity contribution in [2.75, 3.05) is 7.11 Å². The molecule has 0 spiro atoms. The minimum atomic E-state index is -0.222. The van der Waals surface area contributed by atoms with Gasteiger partial charge in [0.15, 0.2) is 0 Å². The fourth-order valence-electron chi connectivity index (χ4n) is 1.02. The zero-order valence-electron chi connectivity index (χ0n) is 6.92. The SMILES string of the molecule is CCCC(C)C(C#N)OC. The van der Waals surface area contributed by atoms with Gasteiger partial charge in [-0.3, -0.25) is 0 Å². The van der Waals surface area contributed by atoms with Gasteiger partial charge >= 0.3 is 0 Å². The first kappa shape index (κ1) is 9.45. The van der Waals surface area contributed by atoms with E-state index in [9.17, 15) is 0 Å². The standard InChI is InChI=1S/C8H15NO/c1-4-5-7(2)8(6-9)10-3/h7-8H,4-5H2,1-3H3. The molecular weight excluding hydrogens is 126 g/mol. The van der Waals surface area contributed by atoms with Crippen molar-refractivity contribution in [1.29, 1.82) is 5.26 Å². The van der Waals surface area contributed by atoms with E-state index in [1.807, 2.05) is 6.92 Å². The van der Waals surface area contributed by atoms with Gasteiger partial charge in [0.2, 0.25) is 0 Å². The second-order valence-corrected chi connectivity index (χ2v) is 2.55. The first-order chi connectivity index (χ1) is 4.76. The second kappa shape index (κ2) is 5.25. The van der Waals surface area contributed by atoms with Crippen molar-refractivity contribution in [3.05, 3.63) is 0 Å². The van der Waals surface area contributed by atoms with Crippen molar-refractivity contribution in [1.82, 2.24) is 0 Å². The average Bonchev–Trinajstić information content (AvgIpc) is 1.91. The van der Waals surface area contributed by atoms with E-state index in [4.69, 9.17) is 10.00 Å². The van der Waals surface area contributed by atoms with Crippen LogP contribution in [0.15, 0.2) is 0 Å². The highest BCUT2D eigenvalue weighted by atomic mass is 16.5. The summed E-state index contributed by atoms with van der Waals surface area (Å²) in [4.78, 5) is 0. The van der Waals surface area contributed by atoms with Gasteiger partial charge in [0, 0.05) is 7.11 Å². The third kappa shape index (κ3) is 2.84. The van der Waals surface area contributed by atoms with Crippen LogP contribution in [0.25, 0.3) is 0 Å². The van der Waals surface area contributed by atoms with Crippen molar-refractivity contribution in [2.24, 2.45) is 5.92 Å². The number of nitrogens with zero attached hydrogens (tertiary/aromatic N) is 1. The van der Waals surface area contributed by atoms with Crippen molar-refractivity contribution in [3.63, 3.8) is 0 Å². The minimum absolute atomic E-state index is 0.222. The van der Waals surface area contributed by atoms with Crippen molar-refractivity contribution < 1.29 is 4.74 Å². The van der Waals surface area contributed by atoms with Gasteiger partial charge < -0.3 is 4.74 Å². The lowest BCUT2D eigenvalue weighted by Crippen LogP contribution is -2.17. The second-order valence-electron chi connectivity index (χ2n) is 2.55. The van der Waals surface area contributed by atoms with Crippen LogP contribution in [-0.2, 0) is 4.74 Å². The Bertz CT molecular complexity index is 117. The molecule has 2 unspecified atom stereocenters. The quantitative estimate of drug-likeness (QED) is 0.599. The van der Waals surface area contributed by atoms with Crippen LogP contribution >= 0.6 is 0 Å². The zero-order chi connectivity index (χ0) is 7.98. The highest BCUT2D eigenvalue weighted by Crippen LogP contribution is 2.11. The van der Waals surface area contributed by atoms with Crippen LogP contribution in [0.5, 0.6) is 0 Å². The Kier molecular flexibility index (Phi) is 4.96. The molecule has 0 aromatic rings. The lowest BCUT2D eigenvalue weighted by Gasteiger charge is -2.14. The molecule has 0 heterocycles. The first-order valence-electron chi connectivity index (χ1n) is 3.68. The van der Waals surface area contributed by atoms with Gasteiger partial charge in [0.05, 0.1) is 6.07 Å². The molecule has 2 heteroatoms. The molecular formula is C8H15NO. The fourth-order valence-corrected chi connectivity index (χ4v) is 1.02. The van der Waals surface area contributed by atoms with E-state index in [1.165, 1.54) is 0 Å². The molecule has 0 fully saturated rings. The Labute approximate surface area is 62.8 Å².